The van der Waals surface area contributed by atoms with Gasteiger partial charge in [0.05, 0.1) is 24.2 Å². The Bertz CT molecular complexity index is 945. The third-order valence-corrected chi connectivity index (χ3v) is 5.28. The van der Waals surface area contributed by atoms with E-state index in [0.29, 0.717) is 17.6 Å². The fourth-order valence-electron chi connectivity index (χ4n) is 3.60. The third kappa shape index (κ3) is 2.88. The summed E-state index contributed by atoms with van der Waals surface area (Å²) in [6.45, 7) is 3.48. The summed E-state index contributed by atoms with van der Waals surface area (Å²) in [5.74, 6) is 0. The van der Waals surface area contributed by atoms with Crippen molar-refractivity contribution in [3.63, 3.8) is 0 Å². The van der Waals surface area contributed by atoms with Gasteiger partial charge in [-0.3, -0.25) is 14.2 Å². The summed E-state index contributed by atoms with van der Waals surface area (Å²) in [5, 5.41) is 38.5. The first kappa shape index (κ1) is 18.8. The van der Waals surface area contributed by atoms with E-state index in [1.165, 1.54) is 4.57 Å². The van der Waals surface area contributed by atoms with Gasteiger partial charge in [-0.1, -0.05) is 26.0 Å². The zero-order valence-corrected chi connectivity index (χ0v) is 14.8. The first-order chi connectivity index (χ1) is 12.2. The van der Waals surface area contributed by atoms with Crippen LogP contribution in [0.4, 0.5) is 0 Å². The fraction of sp³-hybridized carbons (Fsp3) is 0.556. The van der Waals surface area contributed by atoms with Gasteiger partial charge < -0.3 is 25.0 Å². The van der Waals surface area contributed by atoms with Crippen LogP contribution in [-0.2, 0) is 18.5 Å². The molecule has 2 heterocycles. The Morgan fingerprint density at radius 2 is 1.81 bits per heavy atom. The van der Waals surface area contributed by atoms with Crippen molar-refractivity contribution in [2.24, 2.45) is 0 Å². The maximum absolute atomic E-state index is 12.6. The van der Waals surface area contributed by atoms with E-state index in [4.69, 9.17) is 5.11 Å². The van der Waals surface area contributed by atoms with E-state index in [9.17, 15) is 24.9 Å². The quantitative estimate of drug-likeness (QED) is 0.500. The molecule has 142 valence electrons. The van der Waals surface area contributed by atoms with Gasteiger partial charge in [0.25, 0.3) is 0 Å². The molecule has 0 spiro atoms. The number of nitrogens with zero attached hydrogens (tertiary/aromatic N) is 2. The summed E-state index contributed by atoms with van der Waals surface area (Å²) in [5.41, 5.74) is 0.447. The molecule has 0 saturated heterocycles. The minimum absolute atomic E-state index is 0.167. The second-order valence-corrected chi connectivity index (χ2v) is 7.49. The molecule has 1 aliphatic heterocycles. The highest BCUT2D eigenvalue weighted by atomic mass is 16.4. The molecule has 4 N–H and O–H groups in total. The Morgan fingerprint density at radius 1 is 1.12 bits per heavy atom. The number of aliphatic hydroxyl groups is 4. The Labute approximate surface area is 149 Å². The minimum Gasteiger partial charge on any atom is -0.394 e. The second kappa shape index (κ2) is 6.62. The molecule has 1 aromatic heterocycles. The van der Waals surface area contributed by atoms with Gasteiger partial charge in [-0.25, -0.2) is 0 Å². The second-order valence-electron chi connectivity index (χ2n) is 7.49. The fourth-order valence-corrected chi connectivity index (χ4v) is 3.60. The van der Waals surface area contributed by atoms with Gasteiger partial charge in [0.1, 0.15) is 18.3 Å². The molecule has 0 aliphatic carbocycles. The van der Waals surface area contributed by atoms with Gasteiger partial charge in [-0.15, -0.1) is 0 Å². The number of para-hydroxylation sites is 1. The highest BCUT2D eigenvalue weighted by Gasteiger charge is 2.31. The molecule has 0 fully saturated rings. The predicted molar refractivity (Wildman–Crippen MR) is 95.2 cm³/mol. The molecule has 26 heavy (non-hydrogen) atoms. The summed E-state index contributed by atoms with van der Waals surface area (Å²) < 4.78 is 2.61. The summed E-state index contributed by atoms with van der Waals surface area (Å²) >= 11 is 0. The van der Waals surface area contributed by atoms with E-state index >= 15 is 0 Å². The van der Waals surface area contributed by atoms with Crippen LogP contribution in [0.2, 0.25) is 0 Å². The molecule has 0 amide bonds. The first-order valence-electron chi connectivity index (χ1n) is 8.61. The highest BCUT2D eigenvalue weighted by molar-refractivity contribution is 5.81. The van der Waals surface area contributed by atoms with E-state index in [1.54, 1.807) is 12.1 Å². The molecule has 8 heteroatoms. The van der Waals surface area contributed by atoms with E-state index in [2.05, 4.69) is 13.8 Å². The van der Waals surface area contributed by atoms with Crippen molar-refractivity contribution < 1.29 is 20.4 Å². The molecule has 2 aromatic rings. The third-order valence-electron chi connectivity index (χ3n) is 5.28. The SMILES string of the molecule is CC1(C)CCn2c(=O)c(=O)n(C[C@@H](O)[C@H](O)[C@H](O)CO)c3cccc1c32. The molecule has 1 aliphatic rings. The standard InChI is InChI=1S/C18H24N2O6/c1-18(2)6-7-19-14-10(18)4-3-5-11(14)20(17(26)16(19)25)8-12(22)15(24)13(23)9-21/h3-5,12-13,15,21-24H,6-9H2,1-2H3/t12-,13-,15+/m1/s1. The lowest BCUT2D eigenvalue weighted by Crippen LogP contribution is -2.48. The van der Waals surface area contributed by atoms with Crippen molar-refractivity contribution in [2.75, 3.05) is 6.61 Å². The number of hydrogen-bond acceptors (Lipinski definition) is 6. The normalized spacial score (nSPS) is 19.3. The Balaban J connectivity index is 2.20. The van der Waals surface area contributed by atoms with Crippen LogP contribution in [0.5, 0.6) is 0 Å². The topological polar surface area (TPSA) is 125 Å². The van der Waals surface area contributed by atoms with Gasteiger partial charge in [0.2, 0.25) is 0 Å². The van der Waals surface area contributed by atoms with Crippen molar-refractivity contribution in [2.45, 2.75) is 57.1 Å². The molecule has 0 saturated carbocycles. The van der Waals surface area contributed by atoms with Gasteiger partial charge in [0.15, 0.2) is 0 Å². The van der Waals surface area contributed by atoms with Crippen LogP contribution in [0.15, 0.2) is 27.8 Å². The van der Waals surface area contributed by atoms with E-state index in [-0.39, 0.29) is 12.0 Å². The number of hydrogen-bond donors (Lipinski definition) is 4. The van der Waals surface area contributed by atoms with E-state index < -0.39 is 36.0 Å². The zero-order valence-electron chi connectivity index (χ0n) is 14.8. The van der Waals surface area contributed by atoms with Gasteiger partial charge in [0, 0.05) is 6.54 Å². The predicted octanol–water partition coefficient (Wildman–Crippen LogP) is -1.08. The monoisotopic (exact) mass is 364 g/mol. The molecule has 3 atom stereocenters. The van der Waals surface area contributed by atoms with Crippen molar-refractivity contribution in [1.29, 1.82) is 0 Å². The lowest BCUT2D eigenvalue weighted by atomic mass is 9.78. The average molecular weight is 364 g/mol. The van der Waals surface area contributed by atoms with Crippen LogP contribution >= 0.6 is 0 Å². The van der Waals surface area contributed by atoms with Crippen molar-refractivity contribution in [3.05, 3.63) is 44.5 Å². The maximum atomic E-state index is 12.6. The number of rotatable bonds is 5. The van der Waals surface area contributed by atoms with Gasteiger partial charge in [-0.05, 0) is 23.5 Å². The van der Waals surface area contributed by atoms with Gasteiger partial charge >= 0.3 is 11.1 Å². The molecule has 0 radical (unpaired) electrons. The zero-order chi connectivity index (χ0) is 19.2. The lowest BCUT2D eigenvalue weighted by Gasteiger charge is -2.33. The molecular weight excluding hydrogens is 340 g/mol. The number of benzene rings is 1. The minimum atomic E-state index is -1.64. The number of aliphatic hydroxyl groups excluding tert-OH is 4. The summed E-state index contributed by atoms with van der Waals surface area (Å²) in [7, 11) is 0. The Hall–Kier alpha value is -2.00. The van der Waals surface area contributed by atoms with Crippen LogP contribution in [0.3, 0.4) is 0 Å². The van der Waals surface area contributed by atoms with Crippen LogP contribution in [-0.4, -0.2) is 54.5 Å². The molecule has 0 bridgehead atoms. The highest BCUT2D eigenvalue weighted by Crippen LogP contribution is 2.36. The average Bonchev–Trinajstić information content (AvgIpc) is 2.62. The summed E-state index contributed by atoms with van der Waals surface area (Å²) in [6.07, 6.45) is -3.97. The van der Waals surface area contributed by atoms with Crippen LogP contribution in [0, 0.1) is 0 Å². The Morgan fingerprint density at radius 3 is 2.46 bits per heavy atom. The van der Waals surface area contributed by atoms with E-state index in [0.717, 1.165) is 16.6 Å². The van der Waals surface area contributed by atoms with Crippen LogP contribution in [0.25, 0.3) is 11.0 Å². The van der Waals surface area contributed by atoms with Crippen LogP contribution < -0.4 is 11.1 Å². The Kier molecular flexibility index (Phi) is 4.78. The number of aryl methyl sites for hydroxylation is 1. The maximum Gasteiger partial charge on any atom is 0.317 e. The van der Waals surface area contributed by atoms with Crippen molar-refractivity contribution >= 4 is 11.0 Å². The molecule has 3 rings (SSSR count). The lowest BCUT2D eigenvalue weighted by molar-refractivity contribution is -0.0805. The number of aromatic nitrogens is 2. The molecule has 1 aromatic carbocycles. The van der Waals surface area contributed by atoms with Crippen molar-refractivity contribution in [1.82, 2.24) is 9.13 Å². The first-order valence-corrected chi connectivity index (χ1v) is 8.61. The van der Waals surface area contributed by atoms with E-state index in [1.807, 2.05) is 6.07 Å². The van der Waals surface area contributed by atoms with Crippen LogP contribution in [0.1, 0.15) is 25.8 Å². The molecular formula is C18H24N2O6. The summed E-state index contributed by atoms with van der Waals surface area (Å²) in [4.78, 5) is 25.2. The molecule has 0 unspecified atom stereocenters. The smallest absolute Gasteiger partial charge is 0.317 e. The van der Waals surface area contributed by atoms with Crippen molar-refractivity contribution in [3.8, 4) is 0 Å². The largest absolute Gasteiger partial charge is 0.394 e. The molecule has 8 nitrogen and oxygen atoms in total. The van der Waals surface area contributed by atoms with Gasteiger partial charge in [-0.2, -0.15) is 0 Å². The summed E-state index contributed by atoms with van der Waals surface area (Å²) in [6, 6.07) is 5.41.